The van der Waals surface area contributed by atoms with E-state index in [2.05, 4.69) is 5.32 Å². The smallest absolute Gasteiger partial charge is 0.255 e. The number of amides is 2. The molecule has 0 spiro atoms. The fourth-order valence-corrected chi connectivity index (χ4v) is 2.26. The lowest BCUT2D eigenvalue weighted by Crippen LogP contribution is -2.38. The van der Waals surface area contributed by atoms with E-state index in [-0.39, 0.29) is 17.9 Å². The van der Waals surface area contributed by atoms with Crippen LogP contribution >= 0.6 is 0 Å². The third-order valence-electron chi connectivity index (χ3n) is 3.32. The van der Waals surface area contributed by atoms with Gasteiger partial charge in [-0.25, -0.2) is 0 Å². The predicted octanol–water partition coefficient (Wildman–Crippen LogP) is 1.05. The minimum absolute atomic E-state index is 0.0151. The van der Waals surface area contributed by atoms with E-state index in [1.165, 1.54) is 0 Å². The van der Waals surface area contributed by atoms with Gasteiger partial charge in [0.25, 0.3) is 5.91 Å². The largest absolute Gasteiger partial charge is 0.496 e. The number of benzene rings is 1. The fraction of sp³-hybridized carbons (Fsp3) is 0.429. The minimum Gasteiger partial charge on any atom is -0.496 e. The molecule has 1 saturated heterocycles. The highest BCUT2D eigenvalue weighted by Gasteiger charge is 2.26. The van der Waals surface area contributed by atoms with Crippen LogP contribution in [-0.2, 0) is 4.79 Å². The summed E-state index contributed by atoms with van der Waals surface area (Å²) in [4.78, 5) is 25.1. The fourth-order valence-electron chi connectivity index (χ4n) is 2.26. The van der Waals surface area contributed by atoms with Crippen LogP contribution in [0.25, 0.3) is 0 Å². The van der Waals surface area contributed by atoms with E-state index in [4.69, 9.17) is 4.74 Å². The molecule has 2 rings (SSSR count). The SMILES string of the molecule is COc1ccccc1C(=O)NC1CCN(C(C)=O)C1. The van der Waals surface area contributed by atoms with Crippen molar-refractivity contribution in [2.75, 3.05) is 20.2 Å². The Morgan fingerprint density at radius 1 is 1.37 bits per heavy atom. The van der Waals surface area contributed by atoms with E-state index < -0.39 is 0 Å². The molecule has 1 aliphatic heterocycles. The number of para-hydroxylation sites is 1. The number of methoxy groups -OCH3 is 1. The molecular weight excluding hydrogens is 244 g/mol. The Morgan fingerprint density at radius 2 is 2.11 bits per heavy atom. The number of likely N-dealkylation sites (tertiary alicyclic amines) is 1. The van der Waals surface area contributed by atoms with E-state index in [1.807, 2.05) is 6.07 Å². The van der Waals surface area contributed by atoms with Crippen LogP contribution in [0.1, 0.15) is 23.7 Å². The molecule has 2 amide bonds. The van der Waals surface area contributed by atoms with Crippen molar-refractivity contribution in [1.82, 2.24) is 10.2 Å². The molecule has 5 nitrogen and oxygen atoms in total. The van der Waals surface area contributed by atoms with Gasteiger partial charge in [0.05, 0.1) is 12.7 Å². The number of nitrogens with one attached hydrogen (secondary N) is 1. The Hall–Kier alpha value is -2.04. The van der Waals surface area contributed by atoms with E-state index in [0.29, 0.717) is 24.4 Å². The van der Waals surface area contributed by atoms with Crippen LogP contribution < -0.4 is 10.1 Å². The van der Waals surface area contributed by atoms with Gasteiger partial charge in [0.15, 0.2) is 0 Å². The number of ether oxygens (including phenoxy) is 1. The first-order valence-electron chi connectivity index (χ1n) is 6.31. The number of hydrogen-bond acceptors (Lipinski definition) is 3. The molecule has 1 aromatic rings. The van der Waals surface area contributed by atoms with Crippen molar-refractivity contribution in [2.24, 2.45) is 0 Å². The summed E-state index contributed by atoms with van der Waals surface area (Å²) >= 11 is 0. The summed E-state index contributed by atoms with van der Waals surface area (Å²) in [6, 6.07) is 7.12. The van der Waals surface area contributed by atoms with Crippen molar-refractivity contribution >= 4 is 11.8 Å². The molecule has 1 atom stereocenters. The summed E-state index contributed by atoms with van der Waals surface area (Å²) in [5.74, 6) is 0.448. The number of carbonyl (C=O) groups is 2. The second-order valence-electron chi connectivity index (χ2n) is 4.62. The summed E-state index contributed by atoms with van der Waals surface area (Å²) in [5.41, 5.74) is 0.520. The summed E-state index contributed by atoms with van der Waals surface area (Å²) in [6.45, 7) is 2.83. The summed E-state index contributed by atoms with van der Waals surface area (Å²) in [6.07, 6.45) is 0.792. The second kappa shape index (κ2) is 5.73. The second-order valence-corrected chi connectivity index (χ2v) is 4.62. The van der Waals surface area contributed by atoms with Crippen molar-refractivity contribution < 1.29 is 14.3 Å². The maximum Gasteiger partial charge on any atom is 0.255 e. The minimum atomic E-state index is -0.159. The van der Waals surface area contributed by atoms with Gasteiger partial charge in [0.2, 0.25) is 5.91 Å². The predicted molar refractivity (Wildman–Crippen MR) is 71.1 cm³/mol. The molecule has 102 valence electrons. The lowest BCUT2D eigenvalue weighted by atomic mass is 10.1. The van der Waals surface area contributed by atoms with Crippen LogP contribution in [0.5, 0.6) is 5.75 Å². The van der Waals surface area contributed by atoms with Gasteiger partial charge in [-0.05, 0) is 18.6 Å². The number of rotatable bonds is 3. The van der Waals surface area contributed by atoms with Gasteiger partial charge in [-0.15, -0.1) is 0 Å². The molecule has 19 heavy (non-hydrogen) atoms. The number of nitrogens with zero attached hydrogens (tertiary/aromatic N) is 1. The van der Waals surface area contributed by atoms with Gasteiger partial charge in [-0.1, -0.05) is 12.1 Å². The third kappa shape index (κ3) is 3.05. The summed E-state index contributed by atoms with van der Waals surface area (Å²) in [7, 11) is 1.54. The van der Waals surface area contributed by atoms with Gasteiger partial charge in [-0.3, -0.25) is 9.59 Å². The quantitative estimate of drug-likeness (QED) is 0.885. The Labute approximate surface area is 112 Å². The first-order chi connectivity index (χ1) is 9.11. The normalized spacial score (nSPS) is 18.2. The van der Waals surface area contributed by atoms with Gasteiger partial charge >= 0.3 is 0 Å². The Bertz CT molecular complexity index is 487. The van der Waals surface area contributed by atoms with Crippen LogP contribution in [0.4, 0.5) is 0 Å². The zero-order chi connectivity index (χ0) is 13.8. The van der Waals surface area contributed by atoms with Crippen LogP contribution in [-0.4, -0.2) is 43.0 Å². The average molecular weight is 262 g/mol. The molecule has 0 aromatic heterocycles. The lowest BCUT2D eigenvalue weighted by Gasteiger charge is -2.16. The highest BCUT2D eigenvalue weighted by molar-refractivity contribution is 5.97. The summed E-state index contributed by atoms with van der Waals surface area (Å²) < 4.78 is 5.16. The van der Waals surface area contributed by atoms with E-state index in [9.17, 15) is 9.59 Å². The van der Waals surface area contributed by atoms with E-state index >= 15 is 0 Å². The van der Waals surface area contributed by atoms with Crippen molar-refractivity contribution in [2.45, 2.75) is 19.4 Å². The highest BCUT2D eigenvalue weighted by atomic mass is 16.5. The third-order valence-corrected chi connectivity index (χ3v) is 3.32. The van der Waals surface area contributed by atoms with Gasteiger partial charge in [-0.2, -0.15) is 0 Å². The molecule has 0 bridgehead atoms. The van der Waals surface area contributed by atoms with Gasteiger partial charge in [0.1, 0.15) is 5.75 Å². The molecule has 1 aromatic carbocycles. The van der Waals surface area contributed by atoms with Gasteiger partial charge in [0, 0.05) is 26.1 Å². The average Bonchev–Trinajstić information content (AvgIpc) is 2.87. The zero-order valence-corrected chi connectivity index (χ0v) is 11.2. The monoisotopic (exact) mass is 262 g/mol. The topological polar surface area (TPSA) is 58.6 Å². The maximum absolute atomic E-state index is 12.2. The van der Waals surface area contributed by atoms with Crippen molar-refractivity contribution in [3.05, 3.63) is 29.8 Å². The standard InChI is InChI=1S/C14H18N2O3/c1-10(17)16-8-7-11(9-16)15-14(18)12-5-3-4-6-13(12)19-2/h3-6,11H,7-9H2,1-2H3,(H,15,18). The maximum atomic E-state index is 12.2. The molecule has 0 aliphatic carbocycles. The van der Waals surface area contributed by atoms with E-state index in [1.54, 1.807) is 37.1 Å². The Kier molecular flexibility index (Phi) is 4.04. The molecule has 0 radical (unpaired) electrons. The number of carbonyl (C=O) groups excluding carboxylic acids is 2. The molecule has 1 aliphatic rings. The molecule has 1 N–H and O–H groups in total. The van der Waals surface area contributed by atoms with Gasteiger partial charge < -0.3 is 15.0 Å². The Morgan fingerprint density at radius 3 is 2.74 bits per heavy atom. The molecular formula is C14H18N2O3. The zero-order valence-electron chi connectivity index (χ0n) is 11.2. The van der Waals surface area contributed by atoms with Crippen molar-refractivity contribution in [3.63, 3.8) is 0 Å². The van der Waals surface area contributed by atoms with Crippen LogP contribution in [0.15, 0.2) is 24.3 Å². The Balaban J connectivity index is 2.00. The molecule has 1 unspecified atom stereocenters. The highest BCUT2D eigenvalue weighted by Crippen LogP contribution is 2.18. The van der Waals surface area contributed by atoms with Crippen molar-refractivity contribution in [3.8, 4) is 5.75 Å². The summed E-state index contributed by atoms with van der Waals surface area (Å²) in [5, 5.41) is 2.94. The van der Waals surface area contributed by atoms with Crippen LogP contribution in [0.2, 0.25) is 0 Å². The van der Waals surface area contributed by atoms with E-state index in [0.717, 1.165) is 6.42 Å². The molecule has 1 fully saturated rings. The molecule has 0 saturated carbocycles. The number of hydrogen-bond donors (Lipinski definition) is 1. The first kappa shape index (κ1) is 13.4. The lowest BCUT2D eigenvalue weighted by molar-refractivity contribution is -0.127. The molecule has 5 heteroatoms. The van der Waals surface area contributed by atoms with Crippen molar-refractivity contribution in [1.29, 1.82) is 0 Å². The molecule has 1 heterocycles. The first-order valence-corrected chi connectivity index (χ1v) is 6.31. The van der Waals surface area contributed by atoms with Crippen LogP contribution in [0, 0.1) is 0 Å². The van der Waals surface area contributed by atoms with Crippen LogP contribution in [0.3, 0.4) is 0 Å².